The van der Waals surface area contributed by atoms with E-state index in [0.29, 0.717) is 6.07 Å². The predicted octanol–water partition coefficient (Wildman–Crippen LogP) is 5.09. The first-order chi connectivity index (χ1) is 24.8. The third-order valence-electron chi connectivity index (χ3n) is 8.15. The van der Waals surface area contributed by atoms with E-state index in [9.17, 15) is 63.9 Å². The summed E-state index contributed by atoms with van der Waals surface area (Å²) in [7, 11) is -6.46. The Morgan fingerprint density at radius 3 is 1.83 bits per heavy atom. The van der Waals surface area contributed by atoms with E-state index in [0.717, 1.165) is 42.5 Å². The Morgan fingerprint density at radius 1 is 0.759 bits per heavy atom. The zero-order chi connectivity index (χ0) is 40.2. The summed E-state index contributed by atoms with van der Waals surface area (Å²) in [6.45, 7) is 0. The molecule has 24 heteroatoms. The molecular formula is C30H20Br2F8N7O6P-2. The molecular weight excluding hydrogens is 897 g/mol. The Morgan fingerprint density at radius 2 is 1.31 bits per heavy atom. The van der Waals surface area contributed by atoms with E-state index in [1.807, 2.05) is 0 Å². The van der Waals surface area contributed by atoms with Crippen molar-refractivity contribution in [1.82, 2.24) is 10.6 Å². The molecule has 0 fully saturated rings. The van der Waals surface area contributed by atoms with Crippen LogP contribution >= 0.6 is 39.5 Å². The summed E-state index contributed by atoms with van der Waals surface area (Å²) in [6, 6.07) is 6.43. The minimum atomic E-state index is -6.46. The highest BCUT2D eigenvalue weighted by atomic mass is 79.9. The van der Waals surface area contributed by atoms with Gasteiger partial charge in [0, 0.05) is 51.6 Å². The number of alkyl halides is 8. The maximum Gasteiger partial charge on any atom is 0.442 e. The zero-order valence-corrected chi connectivity index (χ0v) is 30.5. The van der Waals surface area contributed by atoms with Gasteiger partial charge in [0.2, 0.25) is 11.8 Å². The SMILES string of the molecule is NC(=O)[C@H](Cc1ccc(C(F)(F)P(=O)([O-])[O-])c(Br)c1)NC(=O)[C@H](Cc1cccc(C2(C(F)(F)F)N=N2)c1)NC(=O)c1cc(Br)cc(C2(C(F)(F)F)N=N2)c1. The molecule has 0 aliphatic carbocycles. The van der Waals surface area contributed by atoms with Gasteiger partial charge in [0.1, 0.15) is 12.1 Å². The van der Waals surface area contributed by atoms with Crippen LogP contribution in [0.25, 0.3) is 0 Å². The molecule has 0 spiro atoms. The van der Waals surface area contributed by atoms with Crippen LogP contribution < -0.4 is 26.2 Å². The summed E-state index contributed by atoms with van der Waals surface area (Å²) in [5.41, 5.74) is -7.83. The molecule has 5 rings (SSSR count). The number of hydrogen-bond acceptors (Lipinski definition) is 10. The summed E-state index contributed by atoms with van der Waals surface area (Å²) in [5.74, 6) is -3.55. The van der Waals surface area contributed by atoms with Gasteiger partial charge in [-0.3, -0.25) is 14.4 Å². The van der Waals surface area contributed by atoms with Gasteiger partial charge in [0.15, 0.2) is 0 Å². The molecule has 2 heterocycles. The monoisotopic (exact) mass is 915 g/mol. The first kappa shape index (κ1) is 41.0. The third kappa shape index (κ3) is 8.09. The lowest BCUT2D eigenvalue weighted by Gasteiger charge is -2.38. The molecule has 0 unspecified atom stereocenters. The fourth-order valence-electron chi connectivity index (χ4n) is 5.22. The molecule has 3 aromatic rings. The number of nitrogens with zero attached hydrogens (tertiary/aromatic N) is 4. The summed E-state index contributed by atoms with van der Waals surface area (Å²) in [4.78, 5) is 61.9. The van der Waals surface area contributed by atoms with Crippen molar-refractivity contribution in [2.75, 3.05) is 0 Å². The molecule has 4 N–H and O–H groups in total. The number of nitrogens with two attached hydrogens (primary N) is 1. The lowest BCUT2D eigenvalue weighted by Crippen LogP contribution is -2.54. The normalized spacial score (nSPS) is 17.0. The molecule has 0 aromatic heterocycles. The second kappa shape index (κ2) is 14.2. The van der Waals surface area contributed by atoms with Gasteiger partial charge < -0.3 is 30.7 Å². The number of hydrogen-bond donors (Lipinski definition) is 3. The van der Waals surface area contributed by atoms with Crippen molar-refractivity contribution in [3.8, 4) is 0 Å². The number of halogens is 10. The van der Waals surface area contributed by atoms with Crippen LogP contribution in [0.2, 0.25) is 0 Å². The average Bonchev–Trinajstić information content (AvgIpc) is 3.97. The second-order valence-corrected chi connectivity index (χ2v) is 15.2. The van der Waals surface area contributed by atoms with Crippen LogP contribution in [-0.2, 0) is 44.0 Å². The molecule has 2 atom stereocenters. The number of benzene rings is 3. The average molecular weight is 917 g/mol. The van der Waals surface area contributed by atoms with Crippen molar-refractivity contribution >= 4 is 57.2 Å². The first-order valence-corrected chi connectivity index (χ1v) is 18.0. The Hall–Kier alpha value is -4.18. The molecule has 288 valence electrons. The predicted molar refractivity (Wildman–Crippen MR) is 171 cm³/mol. The highest BCUT2D eigenvalue weighted by molar-refractivity contribution is 9.10. The maximum atomic E-state index is 14.2. The van der Waals surface area contributed by atoms with E-state index in [2.05, 4.69) is 63.0 Å². The van der Waals surface area contributed by atoms with Crippen molar-refractivity contribution < 1.29 is 63.9 Å². The number of primary amides is 1. The molecule has 3 aromatic carbocycles. The smallest absolute Gasteiger partial charge is 0.442 e. The summed E-state index contributed by atoms with van der Waals surface area (Å²) in [6.07, 6.45) is -11.0. The van der Waals surface area contributed by atoms with Crippen LogP contribution in [0.5, 0.6) is 0 Å². The minimum Gasteiger partial charge on any atom is -0.806 e. The van der Waals surface area contributed by atoms with Crippen LogP contribution in [0.3, 0.4) is 0 Å². The van der Waals surface area contributed by atoms with Gasteiger partial charge in [-0.25, -0.2) is 0 Å². The van der Waals surface area contributed by atoms with E-state index >= 15 is 0 Å². The van der Waals surface area contributed by atoms with Gasteiger partial charge in [-0.15, -0.1) is 20.5 Å². The fourth-order valence-corrected chi connectivity index (χ4v) is 7.03. The molecule has 2 aliphatic rings. The lowest BCUT2D eigenvalue weighted by molar-refractivity contribution is -0.335. The summed E-state index contributed by atoms with van der Waals surface area (Å²) < 4.78 is 121. The van der Waals surface area contributed by atoms with Gasteiger partial charge in [0.05, 0.1) is 0 Å². The van der Waals surface area contributed by atoms with Crippen LogP contribution in [0.4, 0.5) is 35.1 Å². The molecule has 2 aliphatic heterocycles. The molecule has 0 bridgehead atoms. The number of rotatable bonds is 13. The maximum absolute atomic E-state index is 14.2. The van der Waals surface area contributed by atoms with E-state index in [1.54, 1.807) is 0 Å². The van der Waals surface area contributed by atoms with Gasteiger partial charge in [0.25, 0.3) is 11.6 Å². The second-order valence-electron chi connectivity index (χ2n) is 11.9. The van der Waals surface area contributed by atoms with Crippen molar-refractivity contribution in [1.29, 1.82) is 0 Å². The van der Waals surface area contributed by atoms with Crippen LogP contribution in [0.15, 0.2) is 90.1 Å². The number of nitrogens with one attached hydrogen (secondary N) is 2. The van der Waals surface area contributed by atoms with Gasteiger partial charge in [-0.05, 0) is 35.4 Å². The highest BCUT2D eigenvalue weighted by Crippen LogP contribution is 2.55. The molecule has 0 saturated carbocycles. The number of amides is 3. The number of carbonyl (C=O) groups excluding carboxylic acids is 3. The van der Waals surface area contributed by atoms with Crippen LogP contribution in [0, 0.1) is 0 Å². The highest BCUT2D eigenvalue weighted by Gasteiger charge is 2.66. The van der Waals surface area contributed by atoms with Gasteiger partial charge in [-0.1, -0.05) is 68.3 Å². The third-order valence-corrected chi connectivity index (χ3v) is 10.2. The summed E-state index contributed by atoms with van der Waals surface area (Å²) >= 11 is 5.76. The Labute approximate surface area is 314 Å². The summed E-state index contributed by atoms with van der Waals surface area (Å²) in [5, 5.41) is 17.0. The zero-order valence-electron chi connectivity index (χ0n) is 26.4. The lowest BCUT2D eigenvalue weighted by atomic mass is 9.96. The van der Waals surface area contributed by atoms with E-state index < -0.39 is 106 Å². The topological polar surface area (TPSA) is 214 Å². The van der Waals surface area contributed by atoms with Gasteiger partial charge >= 0.3 is 23.7 Å². The number of carbonyl (C=O) groups is 3. The van der Waals surface area contributed by atoms with Crippen molar-refractivity contribution in [3.63, 3.8) is 0 Å². The fraction of sp³-hybridized carbons (Fsp3) is 0.300. The van der Waals surface area contributed by atoms with Crippen LogP contribution in [0.1, 0.15) is 38.2 Å². The van der Waals surface area contributed by atoms with Crippen LogP contribution in [-0.4, -0.2) is 42.2 Å². The molecule has 13 nitrogen and oxygen atoms in total. The van der Waals surface area contributed by atoms with Crippen molar-refractivity contribution in [2.45, 2.75) is 54.3 Å². The Bertz CT molecular complexity index is 2140. The quantitative estimate of drug-likeness (QED) is 0.157. The molecule has 3 amide bonds. The largest absolute Gasteiger partial charge is 0.806 e. The Balaban J connectivity index is 1.44. The minimum absolute atomic E-state index is 0.000481. The van der Waals surface area contributed by atoms with Gasteiger partial charge in [-0.2, -0.15) is 35.1 Å². The van der Waals surface area contributed by atoms with E-state index in [4.69, 9.17) is 5.73 Å². The van der Waals surface area contributed by atoms with Crippen molar-refractivity contribution in [2.24, 2.45) is 26.2 Å². The molecule has 54 heavy (non-hydrogen) atoms. The van der Waals surface area contributed by atoms with E-state index in [1.165, 1.54) is 12.1 Å². The van der Waals surface area contributed by atoms with E-state index in [-0.39, 0.29) is 15.6 Å². The molecule has 0 radical (unpaired) electrons. The van der Waals surface area contributed by atoms with Crippen molar-refractivity contribution in [3.05, 3.63) is 103 Å². The standard InChI is InChI=1S/C30H22Br2F8N7O6P/c31-18-11-15(10-17(12-18)27(46-47-27)30(38,39)40)24(49)43-22(9-13-2-1-3-16(6-13)26(44-45-26)29(35,36)37)25(50)42-21(23(41)48)8-14-4-5-19(20(32)7-14)28(33,34)54(51,52)53/h1-7,10-12,21-22H,8-9H2,(H2,41,48)(H,42,50)(H,43,49)(H2,51,52,53)/p-2/t21-,22-/m0/s1. The molecule has 0 saturated heterocycles. The Kier molecular flexibility index (Phi) is 10.7. The first-order valence-electron chi connectivity index (χ1n) is 14.8.